The molecule has 3 amide bonds. The lowest BCUT2D eigenvalue weighted by Gasteiger charge is -2.17. The molecule has 0 radical (unpaired) electrons. The van der Waals surface area contributed by atoms with Gasteiger partial charge in [0.25, 0.3) is 5.24 Å². The third-order valence-electron chi connectivity index (χ3n) is 4.13. The van der Waals surface area contributed by atoms with Gasteiger partial charge in [-0.3, -0.25) is 14.5 Å². The van der Waals surface area contributed by atoms with E-state index in [1.165, 1.54) is 17.2 Å². The van der Waals surface area contributed by atoms with Gasteiger partial charge >= 0.3 is 12.2 Å². The molecule has 0 aliphatic heterocycles. The first-order valence-electron chi connectivity index (χ1n) is 10.5. The molecule has 0 spiro atoms. The molecule has 0 aliphatic carbocycles. The van der Waals surface area contributed by atoms with Gasteiger partial charge in [0.15, 0.2) is 5.16 Å². The zero-order valence-electron chi connectivity index (χ0n) is 19.9. The van der Waals surface area contributed by atoms with Gasteiger partial charge in [-0.05, 0) is 31.4 Å². The normalized spacial score (nSPS) is 10.7. The molecule has 1 heterocycles. The van der Waals surface area contributed by atoms with E-state index in [0.717, 1.165) is 11.8 Å². The molecule has 0 bridgehead atoms. The minimum absolute atomic E-state index is 0.0629. The Morgan fingerprint density at radius 2 is 1.62 bits per heavy atom. The van der Waals surface area contributed by atoms with E-state index in [1.54, 1.807) is 34.0 Å². The Morgan fingerprint density at radius 3 is 2.15 bits per heavy atom. The number of hydrogen-bond acceptors (Lipinski definition) is 9. The number of benzene rings is 1. The summed E-state index contributed by atoms with van der Waals surface area (Å²) < 4.78 is 10.8. The van der Waals surface area contributed by atoms with E-state index < -0.39 is 12.2 Å². The van der Waals surface area contributed by atoms with Gasteiger partial charge in [0.1, 0.15) is 11.5 Å². The van der Waals surface area contributed by atoms with Gasteiger partial charge in [-0.2, -0.15) is 11.0 Å². The molecule has 0 fully saturated rings. The van der Waals surface area contributed by atoms with Crippen LogP contribution in [0.5, 0.6) is 11.5 Å². The molecule has 1 aromatic carbocycles. The van der Waals surface area contributed by atoms with Crippen molar-refractivity contribution < 1.29 is 33.5 Å². The van der Waals surface area contributed by atoms with Crippen molar-refractivity contribution >= 4 is 29.2 Å². The lowest BCUT2D eigenvalue weighted by Crippen LogP contribution is -2.28. The molecular formula is C21H29N5O7S. The van der Waals surface area contributed by atoms with E-state index in [1.807, 2.05) is 13.8 Å². The Bertz CT molecular complexity index is 1010. The van der Waals surface area contributed by atoms with E-state index >= 15 is 0 Å². The number of nitrogens with zero attached hydrogens (tertiary/aromatic N) is 2. The van der Waals surface area contributed by atoms with Gasteiger partial charge in [-0.25, -0.2) is 14.6 Å². The third kappa shape index (κ3) is 7.64. The molecule has 13 heteroatoms. The minimum atomic E-state index is -0.873. The molecule has 34 heavy (non-hydrogen) atoms. The number of amides is 3. The van der Waals surface area contributed by atoms with Gasteiger partial charge in [0.05, 0.1) is 25.1 Å². The molecule has 3 N–H and O–H groups in total. The van der Waals surface area contributed by atoms with Gasteiger partial charge in [-0.15, -0.1) is 0 Å². The number of rotatable bonds is 9. The van der Waals surface area contributed by atoms with E-state index in [9.17, 15) is 14.4 Å². The van der Waals surface area contributed by atoms with E-state index in [2.05, 4.69) is 20.9 Å². The average molecular weight is 496 g/mol. The first-order chi connectivity index (χ1) is 16.2. The molecular weight excluding hydrogens is 466 g/mol. The summed E-state index contributed by atoms with van der Waals surface area (Å²) in [6, 6.07) is 3.13. The molecule has 12 nitrogen and oxygen atoms in total. The topological polar surface area (TPSA) is 144 Å². The fourth-order valence-electron chi connectivity index (χ4n) is 2.58. The highest BCUT2D eigenvalue weighted by atomic mass is 32.2. The smallest absolute Gasteiger partial charge is 0.408 e. The second kappa shape index (κ2) is 12.8. The van der Waals surface area contributed by atoms with Gasteiger partial charge in [0, 0.05) is 37.5 Å². The van der Waals surface area contributed by atoms with Gasteiger partial charge in [0.2, 0.25) is 0 Å². The number of imidazole rings is 1. The highest BCUT2D eigenvalue weighted by Crippen LogP contribution is 2.39. The number of aromatic amines is 1. The highest BCUT2D eigenvalue weighted by Gasteiger charge is 2.22. The fraction of sp³-hybridized carbons (Fsp3) is 0.429. The molecule has 0 saturated carbocycles. The summed E-state index contributed by atoms with van der Waals surface area (Å²) in [6.45, 7) is 7.73. The zero-order chi connectivity index (χ0) is 25.3. The van der Waals surface area contributed by atoms with Crippen molar-refractivity contribution in [3.63, 3.8) is 0 Å². The second-order valence-corrected chi connectivity index (χ2v) is 8.19. The van der Waals surface area contributed by atoms with Crippen LogP contribution in [0.4, 0.5) is 14.4 Å². The van der Waals surface area contributed by atoms with Crippen molar-refractivity contribution in [2.75, 3.05) is 27.3 Å². The van der Waals surface area contributed by atoms with Crippen molar-refractivity contribution in [1.82, 2.24) is 25.8 Å². The van der Waals surface area contributed by atoms with Crippen LogP contribution in [0, 0.1) is 0 Å². The zero-order valence-corrected chi connectivity index (χ0v) is 20.7. The molecule has 1 aromatic heterocycles. The Hall–Kier alpha value is -3.29. The summed E-state index contributed by atoms with van der Waals surface area (Å²) in [6.07, 6.45) is -0.189. The van der Waals surface area contributed by atoms with Crippen LogP contribution in [0.15, 0.2) is 23.5 Å². The molecule has 2 rings (SSSR count). The van der Waals surface area contributed by atoms with Crippen molar-refractivity contribution in [2.24, 2.45) is 0 Å². The Morgan fingerprint density at radius 1 is 1.03 bits per heavy atom. The molecule has 0 saturated heterocycles. The molecule has 0 aliphatic rings. The number of H-pyrrole nitrogens is 1. The summed E-state index contributed by atoms with van der Waals surface area (Å²) in [5, 5.41) is 0.154. The number of hydroxylamine groups is 2. The summed E-state index contributed by atoms with van der Waals surface area (Å²) in [7, 11) is 3.27. The van der Waals surface area contributed by atoms with Gasteiger partial charge < -0.3 is 19.4 Å². The van der Waals surface area contributed by atoms with Crippen LogP contribution in [-0.4, -0.2) is 59.6 Å². The predicted molar refractivity (Wildman–Crippen MR) is 125 cm³/mol. The van der Waals surface area contributed by atoms with E-state index in [0.29, 0.717) is 22.0 Å². The number of aromatic nitrogens is 2. The molecule has 0 atom stereocenters. The number of carbonyl (C=O) groups excluding carboxylic acids is 3. The molecule has 0 unspecified atom stereocenters. The van der Waals surface area contributed by atoms with Crippen LogP contribution in [-0.2, 0) is 9.68 Å². The summed E-state index contributed by atoms with van der Waals surface area (Å²) in [5.74, 6) is 0.180. The SMILES string of the molecule is CCONC(=O)Oc1cc(OC(=O)NOCC)c(C(C)C)cc1-c1cnc(SC(=O)N(C)C)[nH]1. The maximum Gasteiger partial charge on any atom is 0.436 e. The Labute approximate surface area is 201 Å². The van der Waals surface area contributed by atoms with Crippen molar-refractivity contribution in [3.8, 4) is 22.8 Å². The van der Waals surface area contributed by atoms with Gasteiger partial charge in [-0.1, -0.05) is 13.8 Å². The summed E-state index contributed by atoms with van der Waals surface area (Å²) in [4.78, 5) is 54.7. The second-order valence-electron chi connectivity index (χ2n) is 7.25. The van der Waals surface area contributed by atoms with Crippen LogP contribution in [0.1, 0.15) is 39.2 Å². The van der Waals surface area contributed by atoms with E-state index in [-0.39, 0.29) is 35.9 Å². The van der Waals surface area contributed by atoms with Crippen LogP contribution in [0.3, 0.4) is 0 Å². The van der Waals surface area contributed by atoms with Crippen LogP contribution < -0.4 is 20.4 Å². The monoisotopic (exact) mass is 495 g/mol. The van der Waals surface area contributed by atoms with Crippen LogP contribution >= 0.6 is 11.8 Å². The Balaban J connectivity index is 2.49. The van der Waals surface area contributed by atoms with Crippen LogP contribution in [0.25, 0.3) is 11.3 Å². The van der Waals surface area contributed by atoms with Crippen molar-refractivity contribution in [1.29, 1.82) is 0 Å². The average Bonchev–Trinajstić information content (AvgIpc) is 3.24. The quantitative estimate of drug-likeness (QED) is 0.346. The lowest BCUT2D eigenvalue weighted by molar-refractivity contribution is 0.0526. The fourth-order valence-corrected chi connectivity index (χ4v) is 3.20. The number of hydrogen-bond donors (Lipinski definition) is 3. The number of ether oxygens (including phenoxy) is 2. The molecule has 2 aromatic rings. The van der Waals surface area contributed by atoms with Crippen molar-refractivity contribution in [2.45, 2.75) is 38.8 Å². The largest absolute Gasteiger partial charge is 0.436 e. The lowest BCUT2D eigenvalue weighted by atomic mass is 9.97. The minimum Gasteiger partial charge on any atom is -0.408 e. The molecule has 186 valence electrons. The Kier molecular flexibility index (Phi) is 10.2. The van der Waals surface area contributed by atoms with E-state index in [4.69, 9.17) is 19.1 Å². The number of carbonyl (C=O) groups is 3. The third-order valence-corrected chi connectivity index (χ3v) is 5.07. The highest BCUT2D eigenvalue weighted by molar-refractivity contribution is 8.13. The number of nitrogens with one attached hydrogen (secondary N) is 3. The maximum absolute atomic E-state index is 12.2. The summed E-state index contributed by atoms with van der Waals surface area (Å²) >= 11 is 0.916. The van der Waals surface area contributed by atoms with Crippen LogP contribution in [0.2, 0.25) is 0 Å². The standard InChI is InChI=1S/C21H29N5O7S/c1-7-30-24-19(27)32-16-10-17(33-20(28)25-31-8-2)14(9-13(16)12(3)4)15-11-22-18(23-15)34-21(29)26(5)6/h9-12H,7-8H2,1-6H3,(H,22,23)(H,24,27)(H,25,28). The van der Waals surface area contributed by atoms with Crippen molar-refractivity contribution in [3.05, 3.63) is 23.9 Å². The predicted octanol–water partition coefficient (Wildman–Crippen LogP) is 4.05. The maximum atomic E-state index is 12.2. The summed E-state index contributed by atoms with van der Waals surface area (Å²) in [5.41, 5.74) is 5.91. The number of thioether (sulfide) groups is 1. The first-order valence-corrected chi connectivity index (χ1v) is 11.3. The first kappa shape index (κ1) is 27.0.